The number of hydrogen-bond donors (Lipinski definition) is 1. The molecule has 7 heteroatoms. The lowest BCUT2D eigenvalue weighted by atomic mass is 10.2. The molecule has 1 heterocycles. The Balaban J connectivity index is 1.81. The molecule has 1 aliphatic rings. The largest absolute Gasteiger partial charge is 0.492 e. The number of halogens is 3. The standard InChI is InChI=1S/C15H20F3NO3/c1-21-14-8-12(10-20)19(9-14)6-7-22-13-4-2-11(3-5-13)15(16,17)18/h2-5,12,14,20H,6-10H2,1H3/t12-,14-/m0/s1. The smallest absolute Gasteiger partial charge is 0.416 e. The van der Waals surface area contributed by atoms with Crippen molar-refractivity contribution in [3.63, 3.8) is 0 Å². The molecule has 0 aromatic heterocycles. The van der Waals surface area contributed by atoms with Crippen LogP contribution in [0.2, 0.25) is 0 Å². The van der Waals surface area contributed by atoms with Gasteiger partial charge in [-0.05, 0) is 30.7 Å². The van der Waals surface area contributed by atoms with E-state index in [2.05, 4.69) is 4.90 Å². The minimum Gasteiger partial charge on any atom is -0.492 e. The molecule has 2 rings (SSSR count). The zero-order valence-electron chi connectivity index (χ0n) is 12.3. The normalized spacial score (nSPS) is 23.0. The molecule has 22 heavy (non-hydrogen) atoms. The van der Waals surface area contributed by atoms with Gasteiger partial charge in [0.25, 0.3) is 0 Å². The Morgan fingerprint density at radius 2 is 1.95 bits per heavy atom. The van der Waals surface area contributed by atoms with Gasteiger partial charge in [-0.3, -0.25) is 4.90 Å². The summed E-state index contributed by atoms with van der Waals surface area (Å²) < 4.78 is 48.1. The fourth-order valence-corrected chi connectivity index (χ4v) is 2.59. The summed E-state index contributed by atoms with van der Waals surface area (Å²) in [5.41, 5.74) is -0.692. The fourth-order valence-electron chi connectivity index (χ4n) is 2.59. The molecular weight excluding hydrogens is 299 g/mol. The molecule has 4 nitrogen and oxygen atoms in total. The van der Waals surface area contributed by atoms with Crippen LogP contribution in [0.1, 0.15) is 12.0 Å². The van der Waals surface area contributed by atoms with Crippen LogP contribution in [0.15, 0.2) is 24.3 Å². The van der Waals surface area contributed by atoms with Gasteiger partial charge in [0, 0.05) is 26.2 Å². The third kappa shape index (κ3) is 4.34. The molecular formula is C15H20F3NO3. The second kappa shape index (κ2) is 7.30. The summed E-state index contributed by atoms with van der Waals surface area (Å²) in [4.78, 5) is 2.07. The van der Waals surface area contributed by atoms with E-state index in [-0.39, 0.29) is 18.8 Å². The Morgan fingerprint density at radius 3 is 2.50 bits per heavy atom. The van der Waals surface area contributed by atoms with Crippen molar-refractivity contribution >= 4 is 0 Å². The van der Waals surface area contributed by atoms with Crippen molar-refractivity contribution in [3.05, 3.63) is 29.8 Å². The Bertz CT molecular complexity index is 464. The number of benzene rings is 1. The van der Waals surface area contributed by atoms with Gasteiger partial charge in [0.2, 0.25) is 0 Å². The molecule has 0 amide bonds. The van der Waals surface area contributed by atoms with Crippen molar-refractivity contribution in [3.8, 4) is 5.75 Å². The lowest BCUT2D eigenvalue weighted by Gasteiger charge is -2.22. The third-order valence-corrected chi connectivity index (χ3v) is 3.86. The Kier molecular flexibility index (Phi) is 5.66. The number of aliphatic hydroxyl groups is 1. The first-order valence-corrected chi connectivity index (χ1v) is 7.11. The van der Waals surface area contributed by atoms with Crippen molar-refractivity contribution in [2.24, 2.45) is 0 Å². The van der Waals surface area contributed by atoms with Crippen LogP contribution >= 0.6 is 0 Å². The Labute approximate surface area is 127 Å². The van der Waals surface area contributed by atoms with Crippen LogP contribution in [0.3, 0.4) is 0 Å². The minimum atomic E-state index is -4.34. The second-order valence-corrected chi connectivity index (χ2v) is 5.30. The van der Waals surface area contributed by atoms with Gasteiger partial charge in [0.15, 0.2) is 0 Å². The maximum Gasteiger partial charge on any atom is 0.416 e. The predicted molar refractivity (Wildman–Crippen MR) is 74.8 cm³/mol. The van der Waals surface area contributed by atoms with E-state index >= 15 is 0 Å². The first-order chi connectivity index (χ1) is 10.4. The first-order valence-electron chi connectivity index (χ1n) is 7.11. The summed E-state index contributed by atoms with van der Waals surface area (Å²) in [6.45, 7) is 1.71. The summed E-state index contributed by atoms with van der Waals surface area (Å²) in [6.07, 6.45) is -3.46. The highest BCUT2D eigenvalue weighted by Crippen LogP contribution is 2.30. The Morgan fingerprint density at radius 1 is 1.27 bits per heavy atom. The number of methoxy groups -OCH3 is 1. The number of hydrogen-bond acceptors (Lipinski definition) is 4. The highest BCUT2D eigenvalue weighted by Gasteiger charge is 2.31. The molecule has 1 aromatic rings. The highest BCUT2D eigenvalue weighted by atomic mass is 19.4. The number of aliphatic hydroxyl groups excluding tert-OH is 1. The van der Waals surface area contributed by atoms with Gasteiger partial charge >= 0.3 is 6.18 Å². The van der Waals surface area contributed by atoms with Crippen LogP contribution in [0.5, 0.6) is 5.75 Å². The van der Waals surface area contributed by atoms with E-state index in [4.69, 9.17) is 9.47 Å². The van der Waals surface area contributed by atoms with Crippen molar-refractivity contribution in [1.82, 2.24) is 4.90 Å². The van der Waals surface area contributed by atoms with Crippen LogP contribution in [0.4, 0.5) is 13.2 Å². The number of rotatable bonds is 6. The van der Waals surface area contributed by atoms with Gasteiger partial charge in [-0.25, -0.2) is 0 Å². The van der Waals surface area contributed by atoms with Crippen LogP contribution in [-0.4, -0.2) is 55.6 Å². The highest BCUT2D eigenvalue weighted by molar-refractivity contribution is 5.28. The second-order valence-electron chi connectivity index (χ2n) is 5.30. The van der Waals surface area contributed by atoms with Gasteiger partial charge in [-0.15, -0.1) is 0 Å². The SMILES string of the molecule is CO[C@H]1C[C@@H](CO)N(CCOc2ccc(C(F)(F)F)cc2)C1. The number of likely N-dealkylation sites (tertiary alicyclic amines) is 1. The minimum absolute atomic E-state index is 0.0427. The first kappa shape index (κ1) is 17.1. The van der Waals surface area contributed by atoms with Crippen molar-refractivity contribution in [2.75, 3.05) is 33.4 Å². The maximum atomic E-state index is 12.4. The molecule has 124 valence electrons. The number of ether oxygens (including phenoxy) is 2. The van der Waals surface area contributed by atoms with Crippen molar-refractivity contribution in [1.29, 1.82) is 0 Å². The van der Waals surface area contributed by atoms with Gasteiger partial charge in [0.05, 0.1) is 18.3 Å². The molecule has 1 aromatic carbocycles. The van der Waals surface area contributed by atoms with E-state index in [1.54, 1.807) is 7.11 Å². The van der Waals surface area contributed by atoms with Gasteiger partial charge in [-0.1, -0.05) is 0 Å². The van der Waals surface area contributed by atoms with Crippen molar-refractivity contribution in [2.45, 2.75) is 24.7 Å². The lowest BCUT2D eigenvalue weighted by molar-refractivity contribution is -0.137. The summed E-state index contributed by atoms with van der Waals surface area (Å²) in [7, 11) is 1.64. The molecule has 0 spiro atoms. The fraction of sp³-hybridized carbons (Fsp3) is 0.600. The summed E-state index contributed by atoms with van der Waals surface area (Å²) in [6, 6.07) is 4.68. The predicted octanol–water partition coefficient (Wildman–Crippen LogP) is 2.17. The van der Waals surface area contributed by atoms with E-state index in [0.717, 1.165) is 25.1 Å². The number of alkyl halides is 3. The topological polar surface area (TPSA) is 41.9 Å². The maximum absolute atomic E-state index is 12.4. The van der Waals surface area contributed by atoms with Crippen LogP contribution in [-0.2, 0) is 10.9 Å². The van der Waals surface area contributed by atoms with E-state index in [1.807, 2.05) is 0 Å². The van der Waals surface area contributed by atoms with E-state index < -0.39 is 11.7 Å². The number of nitrogens with zero attached hydrogens (tertiary/aromatic N) is 1. The monoisotopic (exact) mass is 319 g/mol. The van der Waals surface area contributed by atoms with Gasteiger partial charge in [-0.2, -0.15) is 13.2 Å². The van der Waals surface area contributed by atoms with Crippen LogP contribution in [0.25, 0.3) is 0 Å². The van der Waals surface area contributed by atoms with E-state index in [1.165, 1.54) is 12.1 Å². The quantitative estimate of drug-likeness (QED) is 0.872. The molecule has 1 saturated heterocycles. The summed E-state index contributed by atoms with van der Waals surface area (Å²) in [5.74, 6) is 0.399. The molecule has 1 fully saturated rings. The van der Waals surface area contributed by atoms with Crippen LogP contribution in [0, 0.1) is 0 Å². The molecule has 1 N–H and O–H groups in total. The zero-order chi connectivity index (χ0) is 16.2. The molecule has 0 bridgehead atoms. The molecule has 0 aliphatic carbocycles. The summed E-state index contributed by atoms with van der Waals surface area (Å²) in [5, 5.41) is 9.33. The molecule has 1 aliphatic heterocycles. The summed E-state index contributed by atoms with van der Waals surface area (Å²) >= 11 is 0. The average molecular weight is 319 g/mol. The molecule has 2 atom stereocenters. The van der Waals surface area contributed by atoms with Gasteiger partial charge in [0.1, 0.15) is 12.4 Å². The van der Waals surface area contributed by atoms with E-state index in [9.17, 15) is 18.3 Å². The van der Waals surface area contributed by atoms with Crippen molar-refractivity contribution < 1.29 is 27.8 Å². The Hall–Kier alpha value is -1.31. The van der Waals surface area contributed by atoms with Crippen LogP contribution < -0.4 is 4.74 Å². The third-order valence-electron chi connectivity index (χ3n) is 3.86. The average Bonchev–Trinajstić information content (AvgIpc) is 2.89. The molecule has 0 unspecified atom stereocenters. The van der Waals surface area contributed by atoms with E-state index in [0.29, 0.717) is 18.9 Å². The molecule has 0 radical (unpaired) electrons. The molecule has 0 saturated carbocycles. The lowest BCUT2D eigenvalue weighted by Crippen LogP contribution is -2.35. The zero-order valence-corrected chi connectivity index (χ0v) is 12.3. The van der Waals surface area contributed by atoms with Gasteiger partial charge < -0.3 is 14.6 Å².